The van der Waals surface area contributed by atoms with Crippen LogP contribution >= 0.6 is 0 Å². The average molecular weight is 230 g/mol. The maximum Gasteiger partial charge on any atom is 0.246 e. The quantitative estimate of drug-likeness (QED) is 0.699. The SMILES string of the molecule is C=CCNS(=O)(=O)c1c(N)nn(C)c1C. The van der Waals surface area contributed by atoms with Crippen LogP contribution in [0.15, 0.2) is 17.6 Å². The minimum Gasteiger partial charge on any atom is -0.381 e. The van der Waals surface area contributed by atoms with E-state index < -0.39 is 10.0 Å². The number of anilines is 1. The largest absolute Gasteiger partial charge is 0.381 e. The summed E-state index contributed by atoms with van der Waals surface area (Å²) in [5.74, 6) is 0.00608. The van der Waals surface area contributed by atoms with Crippen molar-refractivity contribution in [1.29, 1.82) is 0 Å². The van der Waals surface area contributed by atoms with Crippen LogP contribution < -0.4 is 10.5 Å². The van der Waals surface area contributed by atoms with E-state index in [1.807, 2.05) is 0 Å². The molecule has 6 nitrogen and oxygen atoms in total. The van der Waals surface area contributed by atoms with Crippen molar-refractivity contribution in [2.24, 2.45) is 7.05 Å². The van der Waals surface area contributed by atoms with Crippen LogP contribution in [0.4, 0.5) is 5.82 Å². The van der Waals surface area contributed by atoms with E-state index in [0.29, 0.717) is 5.69 Å². The summed E-state index contributed by atoms with van der Waals surface area (Å²) < 4.78 is 27.3. The molecule has 3 N–H and O–H groups in total. The normalized spacial score (nSPS) is 11.6. The van der Waals surface area contributed by atoms with Gasteiger partial charge in [-0.25, -0.2) is 13.1 Å². The third-order valence-electron chi connectivity index (χ3n) is 1.99. The summed E-state index contributed by atoms with van der Waals surface area (Å²) in [6.45, 7) is 5.24. The molecule has 0 aliphatic heterocycles. The molecular weight excluding hydrogens is 216 g/mol. The smallest absolute Gasteiger partial charge is 0.246 e. The number of hydrogen-bond acceptors (Lipinski definition) is 4. The van der Waals surface area contributed by atoms with Gasteiger partial charge in [0.05, 0.1) is 5.69 Å². The van der Waals surface area contributed by atoms with Gasteiger partial charge in [-0.15, -0.1) is 6.58 Å². The molecule has 1 aromatic heterocycles. The van der Waals surface area contributed by atoms with Crippen LogP contribution in [0.3, 0.4) is 0 Å². The number of hydrogen-bond donors (Lipinski definition) is 2. The van der Waals surface area contributed by atoms with E-state index in [9.17, 15) is 8.42 Å². The van der Waals surface area contributed by atoms with Crippen molar-refractivity contribution in [3.8, 4) is 0 Å². The second-order valence-corrected chi connectivity index (χ2v) is 4.77. The topological polar surface area (TPSA) is 90.0 Å². The molecule has 0 amide bonds. The maximum atomic E-state index is 11.8. The van der Waals surface area contributed by atoms with Crippen molar-refractivity contribution in [1.82, 2.24) is 14.5 Å². The monoisotopic (exact) mass is 230 g/mol. The highest BCUT2D eigenvalue weighted by Gasteiger charge is 2.23. The molecule has 84 valence electrons. The highest BCUT2D eigenvalue weighted by molar-refractivity contribution is 7.89. The summed E-state index contributed by atoms with van der Waals surface area (Å²) in [4.78, 5) is 0.0341. The fraction of sp³-hybridized carbons (Fsp3) is 0.375. The molecule has 0 radical (unpaired) electrons. The van der Waals surface area contributed by atoms with Gasteiger partial charge in [0, 0.05) is 13.6 Å². The van der Waals surface area contributed by atoms with Crippen molar-refractivity contribution >= 4 is 15.8 Å². The number of nitrogens with zero attached hydrogens (tertiary/aromatic N) is 2. The molecule has 0 saturated heterocycles. The van der Waals surface area contributed by atoms with Gasteiger partial charge in [0.15, 0.2) is 5.82 Å². The molecule has 0 saturated carbocycles. The molecule has 15 heavy (non-hydrogen) atoms. The lowest BCUT2D eigenvalue weighted by Crippen LogP contribution is -2.24. The Morgan fingerprint density at radius 3 is 2.67 bits per heavy atom. The molecule has 1 rings (SSSR count). The minimum atomic E-state index is -3.59. The van der Waals surface area contributed by atoms with E-state index in [1.54, 1.807) is 14.0 Å². The first-order valence-corrected chi connectivity index (χ1v) is 5.78. The molecule has 7 heteroatoms. The molecule has 0 fully saturated rings. The van der Waals surface area contributed by atoms with E-state index in [4.69, 9.17) is 5.73 Å². The number of nitrogen functional groups attached to an aromatic ring is 1. The number of aryl methyl sites for hydroxylation is 1. The Morgan fingerprint density at radius 1 is 1.67 bits per heavy atom. The first-order chi connectivity index (χ1) is 6.90. The van der Waals surface area contributed by atoms with Gasteiger partial charge in [-0.05, 0) is 6.92 Å². The van der Waals surface area contributed by atoms with Gasteiger partial charge >= 0.3 is 0 Å². The molecule has 1 heterocycles. The van der Waals surface area contributed by atoms with Gasteiger partial charge in [0.1, 0.15) is 4.90 Å². The number of nitrogens with one attached hydrogen (secondary N) is 1. The van der Waals surface area contributed by atoms with Crippen LogP contribution in [0.5, 0.6) is 0 Å². The predicted molar refractivity (Wildman–Crippen MR) is 57.7 cm³/mol. The minimum absolute atomic E-state index is 0.00608. The van der Waals surface area contributed by atoms with Crippen LogP contribution in [-0.4, -0.2) is 24.7 Å². The second-order valence-electron chi connectivity index (χ2n) is 3.06. The highest BCUT2D eigenvalue weighted by Crippen LogP contribution is 2.20. The Balaban J connectivity index is 3.20. The van der Waals surface area contributed by atoms with E-state index in [2.05, 4.69) is 16.4 Å². The Hall–Kier alpha value is -1.34. The molecule has 0 aliphatic rings. The van der Waals surface area contributed by atoms with Crippen LogP contribution in [0.2, 0.25) is 0 Å². The number of rotatable bonds is 4. The highest BCUT2D eigenvalue weighted by atomic mass is 32.2. The zero-order chi connectivity index (χ0) is 11.6. The molecule has 0 spiro atoms. The third-order valence-corrected chi connectivity index (χ3v) is 3.58. The first kappa shape index (κ1) is 11.7. The number of nitrogens with two attached hydrogens (primary N) is 1. The van der Waals surface area contributed by atoms with E-state index in [1.165, 1.54) is 10.8 Å². The Morgan fingerprint density at radius 2 is 2.27 bits per heavy atom. The predicted octanol–water partition coefficient (Wildman–Crippen LogP) is -0.225. The van der Waals surface area contributed by atoms with Gasteiger partial charge in [-0.2, -0.15) is 5.10 Å². The number of sulfonamides is 1. The first-order valence-electron chi connectivity index (χ1n) is 4.29. The molecule has 0 bridgehead atoms. The summed E-state index contributed by atoms with van der Waals surface area (Å²) in [5, 5.41) is 3.83. The Labute approximate surface area is 88.8 Å². The summed E-state index contributed by atoms with van der Waals surface area (Å²) in [6, 6.07) is 0. The van der Waals surface area contributed by atoms with Crippen molar-refractivity contribution in [3.63, 3.8) is 0 Å². The number of aromatic nitrogens is 2. The van der Waals surface area contributed by atoms with Gasteiger partial charge < -0.3 is 5.73 Å². The molecule has 0 aliphatic carbocycles. The second kappa shape index (κ2) is 4.03. The lowest BCUT2D eigenvalue weighted by Gasteiger charge is -2.04. The molecule has 0 unspecified atom stereocenters. The third kappa shape index (κ3) is 2.18. The van der Waals surface area contributed by atoms with Crippen molar-refractivity contribution in [2.45, 2.75) is 11.8 Å². The van der Waals surface area contributed by atoms with Gasteiger partial charge in [-0.3, -0.25) is 4.68 Å². The standard InChI is InChI=1S/C8H14N4O2S/c1-4-5-10-15(13,14)7-6(2)12(3)11-8(7)9/h4,10H,1,5H2,2-3H3,(H2,9,11). The average Bonchev–Trinajstić information content (AvgIpc) is 2.38. The maximum absolute atomic E-state index is 11.8. The van der Waals surface area contributed by atoms with E-state index >= 15 is 0 Å². The Bertz CT molecular complexity index is 475. The van der Waals surface area contributed by atoms with Crippen LogP contribution in [-0.2, 0) is 17.1 Å². The van der Waals surface area contributed by atoms with E-state index in [0.717, 1.165) is 0 Å². The lowest BCUT2D eigenvalue weighted by molar-refractivity contribution is 0.585. The lowest BCUT2D eigenvalue weighted by atomic mass is 10.5. The van der Waals surface area contributed by atoms with Gasteiger partial charge in [0.2, 0.25) is 10.0 Å². The summed E-state index contributed by atoms with van der Waals surface area (Å²) in [5.41, 5.74) is 6.03. The zero-order valence-electron chi connectivity index (χ0n) is 8.69. The molecular formula is C8H14N4O2S. The molecule has 1 aromatic rings. The summed E-state index contributed by atoms with van der Waals surface area (Å²) in [7, 11) is -1.96. The molecule has 0 aromatic carbocycles. The zero-order valence-corrected chi connectivity index (χ0v) is 9.50. The Kier molecular flexibility index (Phi) is 3.15. The van der Waals surface area contributed by atoms with Gasteiger partial charge in [0.25, 0.3) is 0 Å². The van der Waals surface area contributed by atoms with Crippen LogP contribution in [0.1, 0.15) is 5.69 Å². The summed E-state index contributed by atoms with van der Waals surface area (Å²) >= 11 is 0. The van der Waals surface area contributed by atoms with Crippen molar-refractivity contribution in [2.75, 3.05) is 12.3 Å². The fourth-order valence-corrected chi connectivity index (χ4v) is 2.51. The van der Waals surface area contributed by atoms with Crippen molar-refractivity contribution < 1.29 is 8.42 Å². The summed E-state index contributed by atoms with van der Waals surface area (Å²) in [6.07, 6.45) is 1.46. The van der Waals surface area contributed by atoms with Crippen LogP contribution in [0.25, 0.3) is 0 Å². The fourth-order valence-electron chi connectivity index (χ4n) is 1.19. The van der Waals surface area contributed by atoms with Gasteiger partial charge in [-0.1, -0.05) is 6.08 Å². The van der Waals surface area contributed by atoms with Crippen molar-refractivity contribution in [3.05, 3.63) is 18.3 Å². The molecule has 0 atom stereocenters. The van der Waals surface area contributed by atoms with Crippen LogP contribution in [0, 0.1) is 6.92 Å². The van der Waals surface area contributed by atoms with E-state index in [-0.39, 0.29) is 17.3 Å².